The van der Waals surface area contributed by atoms with Gasteiger partial charge in [-0.1, -0.05) is 37.3 Å². The summed E-state index contributed by atoms with van der Waals surface area (Å²) in [5.41, 5.74) is 4.51. The Morgan fingerprint density at radius 3 is 2.55 bits per heavy atom. The van der Waals surface area contributed by atoms with Crippen LogP contribution in [0.3, 0.4) is 0 Å². The number of Topliss-reactive ketones (excluding diaryl/α,β-unsaturated/α-hetero) is 1. The molecule has 0 saturated carbocycles. The zero-order chi connectivity index (χ0) is 13.9. The van der Waals surface area contributed by atoms with Crippen LogP contribution in [-0.2, 0) is 6.42 Å². The quantitative estimate of drug-likeness (QED) is 0.768. The number of aryl methyl sites for hydroxylation is 1. The highest BCUT2D eigenvalue weighted by molar-refractivity contribution is 6.02. The molecule has 1 heterocycles. The molecule has 2 nitrogen and oxygen atoms in total. The maximum atomic E-state index is 12.2. The van der Waals surface area contributed by atoms with Crippen molar-refractivity contribution >= 4 is 17.2 Å². The maximum Gasteiger partial charge on any atom is 0.164 e. The third-order valence-electron chi connectivity index (χ3n) is 3.93. The summed E-state index contributed by atoms with van der Waals surface area (Å²) in [5.74, 6) is 0.212. The van der Waals surface area contributed by atoms with Crippen molar-refractivity contribution in [1.82, 2.24) is 0 Å². The minimum atomic E-state index is 0.212. The molecule has 0 spiro atoms. The fourth-order valence-electron chi connectivity index (χ4n) is 2.92. The van der Waals surface area contributed by atoms with E-state index < -0.39 is 0 Å². The summed E-state index contributed by atoms with van der Waals surface area (Å²) in [6.07, 6.45) is 2.80. The molecule has 0 N–H and O–H groups in total. The second-order valence-corrected chi connectivity index (χ2v) is 5.18. The van der Waals surface area contributed by atoms with Crippen molar-refractivity contribution in [2.75, 3.05) is 11.4 Å². The third kappa shape index (κ3) is 2.22. The second-order valence-electron chi connectivity index (χ2n) is 5.18. The van der Waals surface area contributed by atoms with Crippen LogP contribution in [0, 0.1) is 0 Å². The first kappa shape index (κ1) is 12.9. The highest BCUT2D eigenvalue weighted by Crippen LogP contribution is 2.35. The molecule has 2 heteroatoms. The van der Waals surface area contributed by atoms with E-state index in [0.29, 0.717) is 6.42 Å². The van der Waals surface area contributed by atoms with Crippen LogP contribution in [0.2, 0.25) is 0 Å². The lowest BCUT2D eigenvalue weighted by Crippen LogP contribution is -2.26. The third-order valence-corrected chi connectivity index (χ3v) is 3.93. The summed E-state index contributed by atoms with van der Waals surface area (Å²) in [6.45, 7) is 2.90. The Labute approximate surface area is 120 Å². The fraction of sp³-hybridized carbons (Fsp3) is 0.278. The number of fused-ring (bicyclic) bond motifs is 1. The summed E-state index contributed by atoms with van der Waals surface area (Å²) >= 11 is 0. The Morgan fingerprint density at radius 2 is 1.75 bits per heavy atom. The van der Waals surface area contributed by atoms with E-state index >= 15 is 0 Å². The van der Waals surface area contributed by atoms with Crippen molar-refractivity contribution in [3.05, 3.63) is 59.7 Å². The number of nitrogens with zero attached hydrogens (tertiary/aromatic N) is 1. The van der Waals surface area contributed by atoms with Crippen LogP contribution in [0.1, 0.15) is 35.7 Å². The van der Waals surface area contributed by atoms with Gasteiger partial charge >= 0.3 is 0 Å². The number of rotatable bonds is 3. The van der Waals surface area contributed by atoms with E-state index in [1.54, 1.807) is 0 Å². The van der Waals surface area contributed by atoms with Gasteiger partial charge in [-0.05, 0) is 36.6 Å². The number of anilines is 2. The molecule has 0 amide bonds. The van der Waals surface area contributed by atoms with Gasteiger partial charge in [0.15, 0.2) is 5.78 Å². The molecule has 3 rings (SSSR count). The monoisotopic (exact) mass is 265 g/mol. The van der Waals surface area contributed by atoms with E-state index in [1.165, 1.54) is 11.3 Å². The Bertz CT molecular complexity index is 633. The van der Waals surface area contributed by atoms with Crippen molar-refractivity contribution in [2.24, 2.45) is 0 Å². The molecule has 1 aliphatic heterocycles. The van der Waals surface area contributed by atoms with E-state index in [1.807, 2.05) is 25.1 Å². The standard InChI is InChI=1S/C18H19NO/c1-2-18(20)15-10-4-6-12-17(15)19-13-7-9-14-8-3-5-11-16(14)19/h3-6,8,10-12H,2,7,9,13H2,1H3. The van der Waals surface area contributed by atoms with E-state index in [9.17, 15) is 4.79 Å². The number of carbonyl (C=O) groups is 1. The number of carbonyl (C=O) groups excluding carboxylic acids is 1. The van der Waals surface area contributed by atoms with E-state index in [4.69, 9.17) is 0 Å². The molecule has 0 bridgehead atoms. The van der Waals surface area contributed by atoms with Gasteiger partial charge in [0.1, 0.15) is 0 Å². The average molecular weight is 265 g/mol. The number of benzene rings is 2. The van der Waals surface area contributed by atoms with Crippen LogP contribution < -0.4 is 4.90 Å². The van der Waals surface area contributed by atoms with E-state index in [0.717, 1.165) is 30.6 Å². The first-order valence-electron chi connectivity index (χ1n) is 7.29. The molecule has 2 aromatic rings. The molecule has 0 aromatic heterocycles. The summed E-state index contributed by atoms with van der Waals surface area (Å²) < 4.78 is 0. The normalized spacial score (nSPS) is 13.9. The molecule has 20 heavy (non-hydrogen) atoms. The maximum absolute atomic E-state index is 12.2. The lowest BCUT2D eigenvalue weighted by Gasteiger charge is -2.32. The largest absolute Gasteiger partial charge is 0.341 e. The van der Waals surface area contributed by atoms with Crippen molar-refractivity contribution in [1.29, 1.82) is 0 Å². The van der Waals surface area contributed by atoms with E-state index in [2.05, 4.69) is 35.2 Å². The molecule has 102 valence electrons. The molecule has 0 atom stereocenters. The second kappa shape index (κ2) is 5.49. The smallest absolute Gasteiger partial charge is 0.164 e. The minimum Gasteiger partial charge on any atom is -0.341 e. The minimum absolute atomic E-state index is 0.212. The molecule has 0 radical (unpaired) electrons. The van der Waals surface area contributed by atoms with Crippen LogP contribution in [-0.4, -0.2) is 12.3 Å². The first-order chi connectivity index (χ1) is 9.81. The summed E-state index contributed by atoms with van der Waals surface area (Å²) in [4.78, 5) is 14.5. The zero-order valence-corrected chi connectivity index (χ0v) is 11.8. The molecule has 0 saturated heterocycles. The van der Waals surface area contributed by atoms with Crippen LogP contribution in [0.15, 0.2) is 48.5 Å². The number of ketones is 1. The Kier molecular flexibility index (Phi) is 3.55. The highest BCUT2D eigenvalue weighted by atomic mass is 16.1. The lowest BCUT2D eigenvalue weighted by molar-refractivity contribution is 0.0988. The predicted octanol–water partition coefficient (Wildman–Crippen LogP) is 4.36. The average Bonchev–Trinajstić information content (AvgIpc) is 2.53. The van der Waals surface area contributed by atoms with Crippen LogP contribution >= 0.6 is 0 Å². The van der Waals surface area contributed by atoms with Gasteiger partial charge in [0.05, 0.1) is 5.69 Å². The highest BCUT2D eigenvalue weighted by Gasteiger charge is 2.21. The van der Waals surface area contributed by atoms with Crippen molar-refractivity contribution in [3.63, 3.8) is 0 Å². The van der Waals surface area contributed by atoms with Gasteiger partial charge in [0, 0.05) is 24.2 Å². The molecule has 0 aliphatic carbocycles. The van der Waals surface area contributed by atoms with Gasteiger partial charge in [0.2, 0.25) is 0 Å². The number of hydrogen-bond acceptors (Lipinski definition) is 2. The van der Waals surface area contributed by atoms with Gasteiger partial charge in [0.25, 0.3) is 0 Å². The number of hydrogen-bond donors (Lipinski definition) is 0. The van der Waals surface area contributed by atoms with Gasteiger partial charge < -0.3 is 4.90 Å². The molecule has 0 fully saturated rings. The summed E-state index contributed by atoms with van der Waals surface area (Å²) in [7, 11) is 0. The Balaban J connectivity index is 2.09. The zero-order valence-electron chi connectivity index (χ0n) is 11.8. The number of para-hydroxylation sites is 2. The molecule has 1 aliphatic rings. The summed E-state index contributed by atoms with van der Waals surface area (Å²) in [5, 5.41) is 0. The molecular weight excluding hydrogens is 246 g/mol. The predicted molar refractivity (Wildman–Crippen MR) is 82.8 cm³/mol. The molecule has 2 aromatic carbocycles. The van der Waals surface area contributed by atoms with Gasteiger partial charge in [-0.15, -0.1) is 0 Å². The first-order valence-corrected chi connectivity index (χ1v) is 7.29. The SMILES string of the molecule is CCC(=O)c1ccccc1N1CCCc2ccccc21. The fourth-order valence-corrected chi connectivity index (χ4v) is 2.92. The van der Waals surface area contributed by atoms with Crippen LogP contribution in [0.25, 0.3) is 0 Å². The van der Waals surface area contributed by atoms with Crippen LogP contribution in [0.4, 0.5) is 11.4 Å². The topological polar surface area (TPSA) is 20.3 Å². The van der Waals surface area contributed by atoms with Crippen LogP contribution in [0.5, 0.6) is 0 Å². The Morgan fingerprint density at radius 1 is 1.05 bits per heavy atom. The molecule has 0 unspecified atom stereocenters. The lowest BCUT2D eigenvalue weighted by atomic mass is 9.98. The summed E-state index contributed by atoms with van der Waals surface area (Å²) in [6, 6.07) is 16.5. The van der Waals surface area contributed by atoms with Crippen molar-refractivity contribution in [2.45, 2.75) is 26.2 Å². The van der Waals surface area contributed by atoms with Crippen molar-refractivity contribution < 1.29 is 4.79 Å². The van der Waals surface area contributed by atoms with Gasteiger partial charge in [-0.3, -0.25) is 4.79 Å². The van der Waals surface area contributed by atoms with Crippen molar-refractivity contribution in [3.8, 4) is 0 Å². The molecular formula is C18H19NO. The Hall–Kier alpha value is -2.09. The van der Waals surface area contributed by atoms with E-state index in [-0.39, 0.29) is 5.78 Å². The van der Waals surface area contributed by atoms with Gasteiger partial charge in [-0.25, -0.2) is 0 Å². The van der Waals surface area contributed by atoms with Gasteiger partial charge in [-0.2, -0.15) is 0 Å².